The van der Waals surface area contributed by atoms with Crippen LogP contribution in [0.25, 0.3) is 0 Å². The van der Waals surface area contributed by atoms with Gasteiger partial charge in [0.05, 0.1) is 0 Å². The Bertz CT molecular complexity index is 907. The molecule has 0 aliphatic carbocycles. The summed E-state index contributed by atoms with van der Waals surface area (Å²) in [5.41, 5.74) is 4.55. The van der Waals surface area contributed by atoms with Gasteiger partial charge in [-0.2, -0.15) is 18.4 Å². The molecule has 30 heavy (non-hydrogen) atoms. The Morgan fingerprint density at radius 3 is 2.33 bits per heavy atom. The number of hydrogen-bond acceptors (Lipinski definition) is 8. The molecule has 13 heteroatoms. The Balaban J connectivity index is 0.000000479. The molecule has 10 nitrogen and oxygen atoms in total. The largest absolute Gasteiger partial charge is 0.478 e. The number of hydrogen-bond donors (Lipinski definition) is 3. The maximum absolute atomic E-state index is 12.7. The second kappa shape index (κ2) is 11.2. The molecule has 0 spiro atoms. The van der Waals surface area contributed by atoms with Crippen LogP contribution in [0.4, 0.5) is 13.2 Å². The number of rotatable bonds is 7. The predicted molar refractivity (Wildman–Crippen MR) is 91.9 cm³/mol. The van der Waals surface area contributed by atoms with Crippen LogP contribution in [-0.4, -0.2) is 38.8 Å². The summed E-state index contributed by atoms with van der Waals surface area (Å²) < 4.78 is 48.2. The number of carboxylic acid groups (broad SMARTS) is 2. The van der Waals surface area contributed by atoms with Crippen LogP contribution in [0.2, 0.25) is 0 Å². The van der Waals surface area contributed by atoms with Gasteiger partial charge in [0, 0.05) is 24.6 Å². The van der Waals surface area contributed by atoms with Crippen molar-refractivity contribution in [1.82, 2.24) is 10.1 Å². The summed E-state index contributed by atoms with van der Waals surface area (Å²) in [5.74, 6) is -2.93. The van der Waals surface area contributed by atoms with Crippen LogP contribution in [0.3, 0.4) is 0 Å². The first-order chi connectivity index (χ1) is 14.1. The number of halogens is 3. The summed E-state index contributed by atoms with van der Waals surface area (Å²) in [6.45, 7) is 0.207. The quantitative estimate of drug-likeness (QED) is 0.555. The highest BCUT2D eigenvalue weighted by molar-refractivity contribution is 5.89. The van der Waals surface area contributed by atoms with Crippen molar-refractivity contribution in [3.05, 3.63) is 53.6 Å². The van der Waals surface area contributed by atoms with Gasteiger partial charge in [0.2, 0.25) is 5.88 Å². The average molecular weight is 428 g/mol. The highest BCUT2D eigenvalue weighted by Crippen LogP contribution is 2.32. The zero-order valence-electron chi connectivity index (χ0n) is 15.0. The summed E-state index contributed by atoms with van der Waals surface area (Å²) in [5, 5.41) is 28.3. The van der Waals surface area contributed by atoms with E-state index in [2.05, 4.69) is 14.7 Å². The average Bonchev–Trinajstić information content (AvgIpc) is 3.20. The minimum absolute atomic E-state index is 0.112. The zero-order chi connectivity index (χ0) is 22.7. The predicted octanol–water partition coefficient (Wildman–Crippen LogP) is 2.14. The van der Waals surface area contributed by atoms with E-state index in [-0.39, 0.29) is 18.5 Å². The van der Waals surface area contributed by atoms with Crippen LogP contribution >= 0.6 is 0 Å². The SMILES string of the molecule is N#Cc1ccc(C(F)(F)F)nc1O[C@H](CCN)c1ccon1.O=C(O)/C=C/C(=O)O. The maximum Gasteiger partial charge on any atom is 0.433 e. The smallest absolute Gasteiger partial charge is 0.433 e. The van der Waals surface area contributed by atoms with Crippen LogP contribution in [-0.2, 0) is 15.8 Å². The van der Waals surface area contributed by atoms with E-state index in [4.69, 9.17) is 25.9 Å². The molecule has 2 rings (SSSR count). The number of pyridine rings is 1. The summed E-state index contributed by atoms with van der Waals surface area (Å²) in [7, 11) is 0. The minimum Gasteiger partial charge on any atom is -0.478 e. The maximum atomic E-state index is 12.7. The Hall–Kier alpha value is -3.92. The van der Waals surface area contributed by atoms with Crippen molar-refractivity contribution in [3.8, 4) is 11.9 Å². The van der Waals surface area contributed by atoms with Gasteiger partial charge in [0.1, 0.15) is 35.4 Å². The number of carbonyl (C=O) groups is 2. The van der Waals surface area contributed by atoms with E-state index in [0.29, 0.717) is 17.8 Å². The third-order valence-electron chi connectivity index (χ3n) is 3.11. The molecule has 0 unspecified atom stereocenters. The van der Waals surface area contributed by atoms with Gasteiger partial charge in [0.15, 0.2) is 0 Å². The molecule has 0 saturated carbocycles. The summed E-state index contributed by atoms with van der Waals surface area (Å²) in [6, 6.07) is 4.97. The van der Waals surface area contributed by atoms with Crippen molar-refractivity contribution >= 4 is 11.9 Å². The molecule has 2 aromatic heterocycles. The molecular weight excluding hydrogens is 413 g/mol. The van der Waals surface area contributed by atoms with Crippen LogP contribution in [0.1, 0.15) is 29.5 Å². The zero-order valence-corrected chi connectivity index (χ0v) is 15.0. The van der Waals surface area contributed by atoms with Crippen molar-refractivity contribution < 1.29 is 42.2 Å². The third-order valence-corrected chi connectivity index (χ3v) is 3.11. The van der Waals surface area contributed by atoms with E-state index in [9.17, 15) is 22.8 Å². The fourth-order valence-corrected chi connectivity index (χ4v) is 1.86. The summed E-state index contributed by atoms with van der Waals surface area (Å²) >= 11 is 0. The number of carboxylic acids is 2. The molecule has 0 radical (unpaired) electrons. The third kappa shape index (κ3) is 7.98. The fraction of sp³-hybridized carbons (Fsp3) is 0.235. The molecule has 0 bridgehead atoms. The molecule has 2 aromatic rings. The number of nitrogens with zero attached hydrogens (tertiary/aromatic N) is 3. The fourth-order valence-electron chi connectivity index (χ4n) is 1.86. The number of aromatic nitrogens is 2. The Morgan fingerprint density at radius 2 is 1.90 bits per heavy atom. The van der Waals surface area contributed by atoms with E-state index in [1.165, 1.54) is 12.3 Å². The van der Waals surface area contributed by atoms with Gasteiger partial charge < -0.3 is 25.2 Å². The molecule has 4 N–H and O–H groups in total. The van der Waals surface area contributed by atoms with Crippen LogP contribution in [0, 0.1) is 11.3 Å². The van der Waals surface area contributed by atoms with Crippen molar-refractivity contribution in [2.24, 2.45) is 5.73 Å². The standard InChI is InChI=1S/C13H11F3N4O2.C4H4O4/c14-13(15,16)11-2-1-8(7-18)12(19-11)22-10(3-5-17)9-4-6-21-20-9;5-3(6)1-2-4(7)8/h1-2,4,6,10H,3,5,17H2;1-2H,(H,5,6)(H,7,8)/b;2-1+/t10-;/m1./s1. The molecule has 0 aromatic carbocycles. The first kappa shape index (κ1) is 24.1. The molecule has 2 heterocycles. The van der Waals surface area contributed by atoms with Gasteiger partial charge in [0.25, 0.3) is 0 Å². The van der Waals surface area contributed by atoms with E-state index in [0.717, 1.165) is 12.1 Å². The van der Waals surface area contributed by atoms with Crippen LogP contribution in [0.5, 0.6) is 5.88 Å². The van der Waals surface area contributed by atoms with Gasteiger partial charge in [-0.3, -0.25) is 0 Å². The van der Waals surface area contributed by atoms with Crippen molar-refractivity contribution in [3.63, 3.8) is 0 Å². The Morgan fingerprint density at radius 1 is 1.27 bits per heavy atom. The Kier molecular flexibility index (Phi) is 8.98. The number of ether oxygens (including phenoxy) is 1. The topological polar surface area (TPSA) is 173 Å². The first-order valence-electron chi connectivity index (χ1n) is 7.97. The Labute approximate surface area is 167 Å². The lowest BCUT2D eigenvalue weighted by Gasteiger charge is -2.17. The molecular formula is C17H15F3N4O6. The van der Waals surface area contributed by atoms with Gasteiger partial charge >= 0.3 is 18.1 Å². The summed E-state index contributed by atoms with van der Waals surface area (Å²) in [4.78, 5) is 22.5. The molecule has 160 valence electrons. The molecule has 0 aliphatic heterocycles. The summed E-state index contributed by atoms with van der Waals surface area (Å²) in [6.07, 6.45) is -2.71. The number of aliphatic carboxylic acids is 2. The molecule has 0 amide bonds. The van der Waals surface area contributed by atoms with E-state index in [1.54, 1.807) is 6.07 Å². The molecule has 0 aliphatic rings. The van der Waals surface area contributed by atoms with Crippen molar-refractivity contribution in [2.45, 2.75) is 18.7 Å². The van der Waals surface area contributed by atoms with Gasteiger partial charge in [-0.1, -0.05) is 5.16 Å². The van der Waals surface area contributed by atoms with Gasteiger partial charge in [-0.05, 0) is 18.7 Å². The van der Waals surface area contributed by atoms with Crippen LogP contribution in [0.15, 0.2) is 41.1 Å². The molecule has 0 saturated heterocycles. The molecule has 0 fully saturated rings. The van der Waals surface area contributed by atoms with E-state index >= 15 is 0 Å². The minimum atomic E-state index is -4.64. The second-order valence-corrected chi connectivity index (χ2v) is 5.28. The van der Waals surface area contributed by atoms with E-state index < -0.39 is 35.8 Å². The van der Waals surface area contributed by atoms with Crippen molar-refractivity contribution in [2.75, 3.05) is 6.54 Å². The van der Waals surface area contributed by atoms with Gasteiger partial charge in [-0.25, -0.2) is 14.6 Å². The lowest BCUT2D eigenvalue weighted by Crippen LogP contribution is -2.16. The second-order valence-electron chi connectivity index (χ2n) is 5.28. The van der Waals surface area contributed by atoms with Crippen molar-refractivity contribution in [1.29, 1.82) is 5.26 Å². The highest BCUT2D eigenvalue weighted by atomic mass is 19.4. The number of nitriles is 1. The van der Waals surface area contributed by atoms with E-state index in [1.807, 2.05) is 0 Å². The van der Waals surface area contributed by atoms with Gasteiger partial charge in [-0.15, -0.1) is 0 Å². The highest BCUT2D eigenvalue weighted by Gasteiger charge is 2.33. The normalized spacial score (nSPS) is 11.8. The molecule has 1 atom stereocenters. The first-order valence-corrected chi connectivity index (χ1v) is 7.97. The number of nitrogens with two attached hydrogens (primary N) is 1. The lowest BCUT2D eigenvalue weighted by atomic mass is 10.2. The number of alkyl halides is 3. The van der Waals surface area contributed by atoms with Crippen LogP contribution < -0.4 is 10.5 Å². The lowest BCUT2D eigenvalue weighted by molar-refractivity contribution is -0.141. The monoisotopic (exact) mass is 428 g/mol.